The quantitative estimate of drug-likeness (QED) is 0.0454. The molecule has 0 aromatic heterocycles. The normalized spacial score (nSPS) is 14.9. The Morgan fingerprint density at radius 1 is 0.641 bits per heavy atom. The van der Waals surface area contributed by atoms with Crippen LogP contribution in [0.3, 0.4) is 0 Å². The SMILES string of the molecule is CCCCCCCCCCCC(CC)[N+](C)(CCO)C(CC)CCCCCCCCCCC.COS(=O)(=O)[O-]. The number of nitrogens with zero attached hydrogens (tertiary/aromatic N) is 1. The number of quaternary nitrogens is 1. The van der Waals surface area contributed by atoms with Gasteiger partial charge in [0.25, 0.3) is 0 Å². The fourth-order valence-corrected chi connectivity index (χ4v) is 6.09. The van der Waals surface area contributed by atoms with E-state index in [-0.39, 0.29) is 0 Å². The summed E-state index contributed by atoms with van der Waals surface area (Å²) in [5.74, 6) is 0. The van der Waals surface area contributed by atoms with Crippen molar-refractivity contribution < 1.29 is 26.7 Å². The van der Waals surface area contributed by atoms with Crippen molar-refractivity contribution in [3.63, 3.8) is 0 Å². The minimum atomic E-state index is -4.41. The first-order valence-corrected chi connectivity index (χ1v) is 18.0. The summed E-state index contributed by atoms with van der Waals surface area (Å²) in [5, 5.41) is 9.94. The van der Waals surface area contributed by atoms with Crippen LogP contribution in [0.15, 0.2) is 0 Å². The zero-order valence-electron chi connectivity index (χ0n) is 27.1. The van der Waals surface area contributed by atoms with Crippen LogP contribution in [0.4, 0.5) is 0 Å². The Labute approximate surface area is 245 Å². The number of hydrogen-bond donors (Lipinski definition) is 1. The molecular formula is C32H69NO5S. The van der Waals surface area contributed by atoms with Crippen LogP contribution in [-0.2, 0) is 14.6 Å². The minimum Gasteiger partial charge on any atom is -0.726 e. The Bertz CT molecular complexity index is 569. The molecule has 7 heteroatoms. The van der Waals surface area contributed by atoms with E-state index in [2.05, 4.69) is 38.9 Å². The van der Waals surface area contributed by atoms with E-state index in [1.54, 1.807) is 0 Å². The lowest BCUT2D eigenvalue weighted by atomic mass is 9.94. The number of rotatable bonds is 27. The molecule has 2 unspecified atom stereocenters. The summed E-state index contributed by atoms with van der Waals surface area (Å²) in [5.41, 5.74) is 0. The fraction of sp³-hybridized carbons (Fsp3) is 1.00. The van der Waals surface area contributed by atoms with Crippen LogP contribution in [0.25, 0.3) is 0 Å². The standard InChI is InChI=1S/C31H66NO.CH4O4S/c1-6-10-12-14-16-18-20-22-24-26-30(8-3)32(5,28-29-33)31(9-4)27-25-23-21-19-17-15-13-11-7-2;1-5-6(2,3)4/h30-31,33H,6-29H2,1-5H3;1H3,(H,2,3,4)/q+1;/p-1. The van der Waals surface area contributed by atoms with Gasteiger partial charge in [0.1, 0.15) is 6.54 Å². The van der Waals surface area contributed by atoms with E-state index in [4.69, 9.17) is 0 Å². The second-order valence-corrected chi connectivity index (χ2v) is 12.9. The lowest BCUT2D eigenvalue weighted by molar-refractivity contribution is -0.957. The summed E-state index contributed by atoms with van der Waals surface area (Å²) in [7, 11) is -1.13. The Hall–Kier alpha value is -0.210. The minimum absolute atomic E-state index is 0.332. The highest BCUT2D eigenvalue weighted by molar-refractivity contribution is 7.80. The molecule has 0 aliphatic heterocycles. The summed E-state index contributed by atoms with van der Waals surface area (Å²) in [6.45, 7) is 10.6. The molecule has 0 aliphatic rings. The van der Waals surface area contributed by atoms with Crippen LogP contribution in [0.1, 0.15) is 169 Å². The van der Waals surface area contributed by atoms with Crippen molar-refractivity contribution in [3.8, 4) is 0 Å². The monoisotopic (exact) mass is 579 g/mol. The molecule has 0 saturated heterocycles. The van der Waals surface area contributed by atoms with Gasteiger partial charge >= 0.3 is 0 Å². The third-order valence-electron chi connectivity index (χ3n) is 8.68. The molecule has 39 heavy (non-hydrogen) atoms. The van der Waals surface area contributed by atoms with Gasteiger partial charge in [0.05, 0.1) is 32.8 Å². The maximum atomic E-state index is 9.94. The Balaban J connectivity index is 0. The largest absolute Gasteiger partial charge is 0.726 e. The van der Waals surface area contributed by atoms with Crippen LogP contribution in [0.2, 0.25) is 0 Å². The van der Waals surface area contributed by atoms with E-state index < -0.39 is 10.4 Å². The predicted octanol–water partition coefficient (Wildman–Crippen LogP) is 8.92. The zero-order chi connectivity index (χ0) is 29.8. The number of likely N-dealkylation sites (N-methyl/N-ethyl adjacent to an activating group) is 1. The first-order valence-electron chi connectivity index (χ1n) is 16.6. The molecule has 238 valence electrons. The average Bonchev–Trinajstić information content (AvgIpc) is 2.91. The lowest BCUT2D eigenvalue weighted by Crippen LogP contribution is -2.59. The van der Waals surface area contributed by atoms with Gasteiger partial charge in [-0.05, 0) is 38.5 Å². The maximum absolute atomic E-state index is 9.94. The Morgan fingerprint density at radius 2 is 0.923 bits per heavy atom. The first kappa shape index (κ1) is 40.9. The van der Waals surface area contributed by atoms with Gasteiger partial charge in [-0.1, -0.05) is 130 Å². The highest BCUT2D eigenvalue weighted by Gasteiger charge is 2.37. The van der Waals surface area contributed by atoms with Gasteiger partial charge in [0.2, 0.25) is 10.4 Å². The van der Waals surface area contributed by atoms with Gasteiger partial charge in [-0.2, -0.15) is 0 Å². The summed E-state index contributed by atoms with van der Waals surface area (Å²) in [4.78, 5) is 0. The smallest absolute Gasteiger partial charge is 0.217 e. The number of unbranched alkanes of at least 4 members (excludes halogenated alkanes) is 16. The van der Waals surface area contributed by atoms with Crippen LogP contribution in [0, 0.1) is 0 Å². The number of aliphatic hydroxyl groups is 1. The Morgan fingerprint density at radius 3 is 1.15 bits per heavy atom. The van der Waals surface area contributed by atoms with Crippen molar-refractivity contribution in [2.75, 3.05) is 27.3 Å². The third-order valence-corrected chi connectivity index (χ3v) is 9.09. The van der Waals surface area contributed by atoms with Gasteiger partial charge in [-0.25, -0.2) is 8.42 Å². The molecule has 0 heterocycles. The van der Waals surface area contributed by atoms with E-state index in [9.17, 15) is 18.1 Å². The second kappa shape index (κ2) is 27.9. The molecule has 0 fully saturated rings. The van der Waals surface area contributed by atoms with Crippen LogP contribution >= 0.6 is 0 Å². The van der Waals surface area contributed by atoms with E-state index in [1.807, 2.05) is 0 Å². The van der Waals surface area contributed by atoms with Crippen molar-refractivity contribution in [1.29, 1.82) is 0 Å². The molecule has 0 amide bonds. The first-order chi connectivity index (χ1) is 18.7. The van der Waals surface area contributed by atoms with Crippen molar-refractivity contribution in [2.45, 2.75) is 181 Å². The highest BCUT2D eigenvalue weighted by Crippen LogP contribution is 2.29. The molecule has 0 aromatic carbocycles. The highest BCUT2D eigenvalue weighted by atomic mass is 32.3. The van der Waals surface area contributed by atoms with E-state index in [0.717, 1.165) is 18.1 Å². The van der Waals surface area contributed by atoms with Gasteiger partial charge in [0, 0.05) is 0 Å². The topological polar surface area (TPSA) is 86.7 Å². The molecule has 0 radical (unpaired) electrons. The van der Waals surface area contributed by atoms with Gasteiger partial charge in [-0.15, -0.1) is 0 Å². The van der Waals surface area contributed by atoms with Crippen molar-refractivity contribution in [3.05, 3.63) is 0 Å². The molecule has 0 spiro atoms. The summed E-state index contributed by atoms with van der Waals surface area (Å²) >= 11 is 0. The average molecular weight is 580 g/mol. The summed E-state index contributed by atoms with van der Waals surface area (Å²) in [6.07, 6.45) is 30.6. The Kier molecular flexibility index (Phi) is 29.3. The molecule has 1 N–H and O–H groups in total. The molecule has 0 rings (SSSR count). The lowest BCUT2D eigenvalue weighted by Gasteiger charge is -2.47. The molecule has 0 saturated carbocycles. The molecule has 0 aromatic rings. The molecule has 0 aliphatic carbocycles. The summed E-state index contributed by atoms with van der Waals surface area (Å²) < 4.78 is 32.1. The van der Waals surface area contributed by atoms with Gasteiger partial charge < -0.3 is 14.1 Å². The number of aliphatic hydroxyl groups excluding tert-OH is 1. The predicted molar refractivity (Wildman–Crippen MR) is 167 cm³/mol. The van der Waals surface area contributed by atoms with E-state index in [0.29, 0.717) is 18.7 Å². The van der Waals surface area contributed by atoms with Crippen LogP contribution in [0.5, 0.6) is 0 Å². The van der Waals surface area contributed by atoms with Gasteiger partial charge in [-0.3, -0.25) is 4.18 Å². The van der Waals surface area contributed by atoms with E-state index >= 15 is 0 Å². The molecular weight excluding hydrogens is 510 g/mol. The van der Waals surface area contributed by atoms with Crippen molar-refractivity contribution in [2.24, 2.45) is 0 Å². The molecule has 2 atom stereocenters. The van der Waals surface area contributed by atoms with Gasteiger partial charge in [0.15, 0.2) is 0 Å². The third kappa shape index (κ3) is 24.1. The van der Waals surface area contributed by atoms with Crippen LogP contribution in [-0.4, -0.2) is 62.0 Å². The van der Waals surface area contributed by atoms with Crippen molar-refractivity contribution in [1.82, 2.24) is 0 Å². The van der Waals surface area contributed by atoms with Crippen LogP contribution < -0.4 is 0 Å². The van der Waals surface area contributed by atoms with E-state index in [1.165, 1.54) is 141 Å². The number of hydrogen-bond acceptors (Lipinski definition) is 5. The molecule has 0 bridgehead atoms. The molecule has 6 nitrogen and oxygen atoms in total. The second-order valence-electron chi connectivity index (χ2n) is 11.7. The maximum Gasteiger partial charge on any atom is 0.217 e. The fourth-order valence-electron chi connectivity index (χ4n) is 6.09. The zero-order valence-corrected chi connectivity index (χ0v) is 27.9. The summed E-state index contributed by atoms with van der Waals surface area (Å²) in [6, 6.07) is 1.43. The van der Waals surface area contributed by atoms with Crippen molar-refractivity contribution >= 4 is 10.4 Å².